The molecule has 4 aliphatic rings. The fourth-order valence-corrected chi connectivity index (χ4v) is 10.9. The first-order chi connectivity index (χ1) is 14.9. The molecule has 0 amide bonds. The maximum Gasteiger partial charge on any atom is 0.184 e. The van der Waals surface area contributed by atoms with E-state index in [0.717, 1.165) is 18.4 Å². The van der Waals surface area contributed by atoms with Gasteiger partial charge in [0.2, 0.25) is 0 Å². The van der Waals surface area contributed by atoms with Crippen LogP contribution >= 0.6 is 0 Å². The summed E-state index contributed by atoms with van der Waals surface area (Å²) in [6.07, 6.45) is 3.86. The molecule has 0 spiro atoms. The lowest BCUT2D eigenvalue weighted by Crippen LogP contribution is -2.71. The molecule has 4 aliphatic carbocycles. The first-order valence-corrected chi connectivity index (χ1v) is 19.7. The standard InChI is InChI=1S/C26H45FO4Si2/c1-23-12-10-17(28)14-20(23)21(30-32(4,5)6)15-19-18-11-13-25(3,31-33(7,8)9)24(18,2)16-22(29)26(19,23)27/h14,18-19,21-22,29H,10-13,15-16H2,1-9H3/t18?,19?,21-,22+,23?,24?,25+,26+/m1/s1. The Hall–Kier alpha value is -0.346. The third-order valence-corrected chi connectivity index (χ3v) is 11.7. The van der Waals surface area contributed by atoms with E-state index in [1.54, 1.807) is 6.08 Å². The number of hydrogen-bond acceptors (Lipinski definition) is 4. The number of alkyl halides is 1. The van der Waals surface area contributed by atoms with Gasteiger partial charge >= 0.3 is 0 Å². The highest BCUT2D eigenvalue weighted by atomic mass is 28.4. The van der Waals surface area contributed by atoms with Gasteiger partial charge in [-0.15, -0.1) is 0 Å². The van der Waals surface area contributed by atoms with Crippen LogP contribution < -0.4 is 0 Å². The van der Waals surface area contributed by atoms with Crippen molar-refractivity contribution in [1.82, 2.24) is 0 Å². The van der Waals surface area contributed by atoms with Crippen LogP contribution in [-0.2, 0) is 13.6 Å². The van der Waals surface area contributed by atoms with Gasteiger partial charge in [0.25, 0.3) is 0 Å². The molecule has 188 valence electrons. The Kier molecular flexibility index (Phi) is 5.91. The van der Waals surface area contributed by atoms with E-state index in [1.807, 2.05) is 6.92 Å². The molecule has 4 rings (SSSR count). The lowest BCUT2D eigenvalue weighted by atomic mass is 9.43. The lowest BCUT2D eigenvalue weighted by Gasteiger charge is -2.65. The van der Waals surface area contributed by atoms with E-state index in [4.69, 9.17) is 8.85 Å². The maximum atomic E-state index is 17.6. The van der Waals surface area contributed by atoms with Crippen molar-refractivity contribution in [2.45, 2.75) is 122 Å². The molecular weight excluding hydrogens is 451 g/mol. The predicted octanol–water partition coefficient (Wildman–Crippen LogP) is 6.02. The van der Waals surface area contributed by atoms with Crippen molar-refractivity contribution in [3.05, 3.63) is 11.6 Å². The molecule has 3 fully saturated rings. The number of ketones is 1. The van der Waals surface area contributed by atoms with Crippen LogP contribution in [0.25, 0.3) is 0 Å². The highest BCUT2D eigenvalue weighted by Gasteiger charge is 2.74. The highest BCUT2D eigenvalue weighted by molar-refractivity contribution is 6.70. The number of aliphatic hydroxyl groups is 1. The molecule has 0 aromatic carbocycles. The molecule has 8 atom stereocenters. The second-order valence-corrected chi connectivity index (χ2v) is 22.8. The molecule has 33 heavy (non-hydrogen) atoms. The fourth-order valence-electron chi connectivity index (χ4n) is 8.17. The van der Waals surface area contributed by atoms with E-state index in [9.17, 15) is 9.90 Å². The van der Waals surface area contributed by atoms with Gasteiger partial charge in [-0.1, -0.05) is 13.8 Å². The zero-order valence-corrected chi connectivity index (χ0v) is 24.2. The molecule has 3 saturated carbocycles. The molecule has 0 bridgehead atoms. The Labute approximate surface area is 202 Å². The number of rotatable bonds is 4. The van der Waals surface area contributed by atoms with E-state index in [0.29, 0.717) is 25.7 Å². The summed E-state index contributed by atoms with van der Waals surface area (Å²) in [5.74, 6) is -0.133. The Balaban J connectivity index is 1.82. The summed E-state index contributed by atoms with van der Waals surface area (Å²) in [5.41, 5.74) is -2.50. The number of aliphatic hydroxyl groups excluding tert-OH is 1. The van der Waals surface area contributed by atoms with Crippen molar-refractivity contribution in [2.24, 2.45) is 22.7 Å². The molecule has 1 N–H and O–H groups in total. The van der Waals surface area contributed by atoms with E-state index in [1.165, 1.54) is 0 Å². The Morgan fingerprint density at radius 3 is 2.24 bits per heavy atom. The summed E-state index contributed by atoms with van der Waals surface area (Å²) in [4.78, 5) is 12.5. The van der Waals surface area contributed by atoms with Crippen LogP contribution in [0.4, 0.5) is 4.39 Å². The van der Waals surface area contributed by atoms with Crippen LogP contribution in [-0.4, -0.2) is 51.0 Å². The fraction of sp³-hybridized carbons (Fsp3) is 0.885. The maximum absolute atomic E-state index is 17.6. The van der Waals surface area contributed by atoms with Crippen molar-refractivity contribution in [3.8, 4) is 0 Å². The summed E-state index contributed by atoms with van der Waals surface area (Å²) in [6.45, 7) is 19.5. The topological polar surface area (TPSA) is 55.8 Å². The van der Waals surface area contributed by atoms with E-state index in [2.05, 4.69) is 53.1 Å². The first kappa shape index (κ1) is 25.7. The summed E-state index contributed by atoms with van der Waals surface area (Å²) in [5, 5.41) is 11.6. The van der Waals surface area contributed by atoms with Gasteiger partial charge in [0.15, 0.2) is 22.4 Å². The normalized spacial score (nSPS) is 48.1. The van der Waals surface area contributed by atoms with E-state index < -0.39 is 33.8 Å². The smallest absolute Gasteiger partial charge is 0.184 e. The van der Waals surface area contributed by atoms with Gasteiger partial charge in [0.1, 0.15) is 5.67 Å². The van der Waals surface area contributed by atoms with Crippen LogP contribution in [0.15, 0.2) is 11.6 Å². The summed E-state index contributed by atoms with van der Waals surface area (Å²) in [7, 11) is -3.78. The minimum absolute atomic E-state index is 0.0563. The van der Waals surface area contributed by atoms with Gasteiger partial charge in [-0.2, -0.15) is 0 Å². The zero-order valence-electron chi connectivity index (χ0n) is 22.2. The SMILES string of the molecule is CC12C[C@H](O)[C@@]3(F)C(C[C@@H](O[Si](C)(C)C)C4=CC(=O)CCC43C)C1CC[C@]2(C)O[Si](C)(C)C. The molecule has 4 nitrogen and oxygen atoms in total. The third-order valence-electron chi connectivity index (χ3n) is 9.60. The molecular formula is C26H45FO4Si2. The largest absolute Gasteiger partial charge is 0.412 e. The van der Waals surface area contributed by atoms with Gasteiger partial charge in [0, 0.05) is 23.2 Å². The summed E-state index contributed by atoms with van der Waals surface area (Å²) >= 11 is 0. The second kappa shape index (κ2) is 7.58. The Bertz CT molecular complexity index is 863. The predicted molar refractivity (Wildman–Crippen MR) is 135 cm³/mol. The van der Waals surface area contributed by atoms with Gasteiger partial charge in [-0.25, -0.2) is 4.39 Å². The van der Waals surface area contributed by atoms with Crippen LogP contribution in [0.1, 0.15) is 59.3 Å². The second-order valence-electron chi connectivity index (χ2n) is 14.0. The van der Waals surface area contributed by atoms with Crippen LogP contribution in [0, 0.1) is 22.7 Å². The quantitative estimate of drug-likeness (QED) is 0.484. The molecule has 0 aromatic rings. The number of fused-ring (bicyclic) bond motifs is 5. The highest BCUT2D eigenvalue weighted by Crippen LogP contribution is 2.71. The van der Waals surface area contributed by atoms with Gasteiger partial charge in [0.05, 0.1) is 17.8 Å². The van der Waals surface area contributed by atoms with Crippen LogP contribution in [0.5, 0.6) is 0 Å². The van der Waals surface area contributed by atoms with Crippen molar-refractivity contribution < 1.29 is 23.1 Å². The van der Waals surface area contributed by atoms with E-state index >= 15 is 4.39 Å². The van der Waals surface area contributed by atoms with Crippen LogP contribution in [0.3, 0.4) is 0 Å². The van der Waals surface area contributed by atoms with Gasteiger partial charge in [-0.05, 0) is 95.9 Å². The molecule has 0 aliphatic heterocycles. The zero-order chi connectivity index (χ0) is 24.8. The Morgan fingerprint density at radius 1 is 1.03 bits per heavy atom. The lowest BCUT2D eigenvalue weighted by molar-refractivity contribution is -0.231. The summed E-state index contributed by atoms with van der Waals surface area (Å²) < 4.78 is 31.0. The van der Waals surface area contributed by atoms with Gasteiger partial charge < -0.3 is 14.0 Å². The van der Waals surface area contributed by atoms with Gasteiger partial charge in [-0.3, -0.25) is 4.79 Å². The molecule has 0 saturated heterocycles. The molecule has 4 unspecified atom stereocenters. The van der Waals surface area contributed by atoms with Crippen molar-refractivity contribution in [2.75, 3.05) is 0 Å². The number of carbonyl (C=O) groups is 1. The number of halogens is 1. The van der Waals surface area contributed by atoms with Crippen LogP contribution in [0.2, 0.25) is 39.3 Å². The summed E-state index contributed by atoms with van der Waals surface area (Å²) in [6, 6.07) is 0. The van der Waals surface area contributed by atoms with Crippen molar-refractivity contribution in [3.63, 3.8) is 0 Å². The number of carbonyl (C=O) groups excluding carboxylic acids is 1. The minimum atomic E-state index is -1.94. The third kappa shape index (κ3) is 3.79. The molecule has 0 radical (unpaired) electrons. The number of hydrogen-bond donors (Lipinski definition) is 1. The van der Waals surface area contributed by atoms with Crippen molar-refractivity contribution >= 4 is 22.4 Å². The minimum Gasteiger partial charge on any atom is -0.412 e. The molecule has 0 aromatic heterocycles. The monoisotopic (exact) mass is 496 g/mol. The average Bonchev–Trinajstić information content (AvgIpc) is 2.87. The molecule has 7 heteroatoms. The Morgan fingerprint density at radius 2 is 1.67 bits per heavy atom. The van der Waals surface area contributed by atoms with E-state index in [-0.39, 0.29) is 34.7 Å². The molecule has 0 heterocycles. The van der Waals surface area contributed by atoms with Crippen molar-refractivity contribution in [1.29, 1.82) is 0 Å². The average molecular weight is 497 g/mol. The first-order valence-electron chi connectivity index (χ1n) is 12.9.